The van der Waals surface area contributed by atoms with Crippen LogP contribution in [-0.2, 0) is 39.3 Å². The van der Waals surface area contributed by atoms with Gasteiger partial charge in [-0.25, -0.2) is 38.7 Å². The fourth-order valence-electron chi connectivity index (χ4n) is 9.83. The van der Waals surface area contributed by atoms with Crippen LogP contribution >= 0.6 is 88.6 Å². The number of aliphatic hydroxyl groups excluding tert-OH is 1. The third-order valence-electron chi connectivity index (χ3n) is 16.4. The maximum atomic E-state index is 12.1. The molecule has 9 aromatic rings. The molecular weight excluding hydrogens is 1780 g/mol. The minimum absolute atomic E-state index is 0.00201. The summed E-state index contributed by atoms with van der Waals surface area (Å²) in [6.45, 7) is 12.2. The molecule has 2 aliphatic heterocycles. The zero-order chi connectivity index (χ0) is 77.0. The van der Waals surface area contributed by atoms with E-state index >= 15 is 0 Å². The van der Waals surface area contributed by atoms with Gasteiger partial charge in [0, 0.05) is 17.3 Å². The number of nitrogen functional groups attached to an aromatic ring is 1. The summed E-state index contributed by atoms with van der Waals surface area (Å²) in [5.41, 5.74) is 10.9. The lowest BCUT2D eigenvalue weighted by Gasteiger charge is -2.28. The number of benzene rings is 8. The van der Waals surface area contributed by atoms with E-state index in [4.69, 9.17) is 42.3 Å². The van der Waals surface area contributed by atoms with Crippen LogP contribution in [0.1, 0.15) is 53.4 Å². The van der Waals surface area contributed by atoms with Gasteiger partial charge in [-0.1, -0.05) is 128 Å². The molecule has 0 radical (unpaired) electrons. The SMILES string of the molecule is CCS(=O)(=O)c1cccc(-c2ccc(O)c(I)c2)c1.CCS(=O)(=O)c1cccc(-c2ccc(O)cc2)c1.CCS(=O)(=O)c1cccc(-c2ccc(OCC3CCN(C)CC3)c(I)c2)c1.CCS(=O)(=O)c1cccc(B(O)O)c1.CN1CCC(CO)CC1.Nc1ncc(Cl)cc1Br.Oc1ccc(Br)cc1. The van der Waals surface area contributed by atoms with Gasteiger partial charge >= 0.3 is 7.12 Å². The van der Waals surface area contributed by atoms with Crippen LogP contribution in [0.5, 0.6) is 23.0 Å². The average Bonchev–Trinajstić information content (AvgIpc) is 0.828. The van der Waals surface area contributed by atoms with Crippen molar-refractivity contribution in [3.05, 3.63) is 215 Å². The molecule has 560 valence electrons. The van der Waals surface area contributed by atoms with Gasteiger partial charge in [0.1, 0.15) is 28.8 Å². The number of aromatic nitrogens is 1. The number of phenolic OH excluding ortho intramolecular Hbond substituents is 3. The van der Waals surface area contributed by atoms with Crippen LogP contribution in [0.25, 0.3) is 33.4 Å². The summed E-state index contributed by atoms with van der Waals surface area (Å²) in [6.07, 6.45) is 6.22. The summed E-state index contributed by atoms with van der Waals surface area (Å²) in [5, 5.41) is 54.5. The third kappa shape index (κ3) is 29.5. The highest BCUT2D eigenvalue weighted by Gasteiger charge is 2.21. The molecule has 0 saturated carbocycles. The third-order valence-corrected chi connectivity index (χ3v) is 26.4. The smallest absolute Gasteiger partial charge is 0.488 e. The number of pyridine rings is 1. The Morgan fingerprint density at radius 2 is 0.885 bits per heavy atom. The number of anilines is 1. The molecule has 2 fully saturated rings. The second kappa shape index (κ2) is 43.3. The number of piperidine rings is 2. The topological polar surface area (TPSA) is 313 Å². The van der Waals surface area contributed by atoms with E-state index in [0.29, 0.717) is 49.7 Å². The monoisotopic (exact) mass is 1870 g/mol. The van der Waals surface area contributed by atoms with Gasteiger partial charge in [-0.2, -0.15) is 0 Å². The summed E-state index contributed by atoms with van der Waals surface area (Å²) >= 11 is 16.3. The maximum absolute atomic E-state index is 12.1. The summed E-state index contributed by atoms with van der Waals surface area (Å²) in [6, 6.07) is 53.0. The molecule has 2 saturated heterocycles. The molecule has 8 N–H and O–H groups in total. The van der Waals surface area contributed by atoms with Crippen LogP contribution < -0.4 is 15.9 Å². The Bertz CT molecular complexity index is 4660. The van der Waals surface area contributed by atoms with Gasteiger partial charge in [0.25, 0.3) is 0 Å². The molecule has 0 aliphatic carbocycles. The Kier molecular flexibility index (Phi) is 37.0. The fraction of sp³-hybridized carbons (Fsp3) is 0.293. The molecule has 8 aromatic carbocycles. The number of likely N-dealkylation sites (tertiary alicyclic amines) is 2. The number of ether oxygens (including phenoxy) is 1. The number of hydrogen-bond acceptors (Lipinski definition) is 19. The number of halogens is 5. The largest absolute Gasteiger partial charge is 0.508 e. The van der Waals surface area contributed by atoms with Gasteiger partial charge < -0.3 is 50.7 Å². The minimum Gasteiger partial charge on any atom is -0.508 e. The number of aromatic hydroxyl groups is 3. The van der Waals surface area contributed by atoms with E-state index in [0.717, 1.165) is 88.0 Å². The zero-order valence-electron chi connectivity index (χ0n) is 58.4. The first kappa shape index (κ1) is 88.9. The number of hydrogen-bond donors (Lipinski definition) is 7. The number of nitrogens with zero attached hydrogens (tertiary/aromatic N) is 3. The van der Waals surface area contributed by atoms with Crippen molar-refractivity contribution >= 4 is 146 Å². The van der Waals surface area contributed by atoms with Crippen molar-refractivity contribution < 1.29 is 68.9 Å². The van der Waals surface area contributed by atoms with Gasteiger partial charge in [-0.3, -0.25) is 0 Å². The van der Waals surface area contributed by atoms with E-state index in [1.165, 1.54) is 63.1 Å². The second-order valence-corrected chi connectivity index (χ2v) is 37.6. The first-order valence-electron chi connectivity index (χ1n) is 33.0. The highest BCUT2D eigenvalue weighted by atomic mass is 127. The Hall–Kier alpha value is -5.72. The van der Waals surface area contributed by atoms with Gasteiger partial charge in [-0.05, 0) is 293 Å². The predicted octanol–water partition coefficient (Wildman–Crippen LogP) is 14.5. The maximum Gasteiger partial charge on any atom is 0.488 e. The summed E-state index contributed by atoms with van der Waals surface area (Å²) in [4.78, 5) is 9.60. The molecule has 11 rings (SSSR count). The number of sulfone groups is 4. The Labute approximate surface area is 662 Å². The summed E-state index contributed by atoms with van der Waals surface area (Å²) in [7, 11) is -10.2. The molecular formula is C75H88BBr2ClI2N4O15S4. The predicted molar refractivity (Wildman–Crippen MR) is 442 cm³/mol. The van der Waals surface area contributed by atoms with Crippen molar-refractivity contribution in [2.75, 3.05) is 82.2 Å². The quantitative estimate of drug-likeness (QED) is 0.0349. The van der Waals surface area contributed by atoms with Crippen molar-refractivity contribution in [2.24, 2.45) is 11.8 Å². The molecule has 0 unspecified atom stereocenters. The van der Waals surface area contributed by atoms with Crippen LogP contribution in [0.15, 0.2) is 223 Å². The highest BCUT2D eigenvalue weighted by molar-refractivity contribution is 14.1. The summed E-state index contributed by atoms with van der Waals surface area (Å²) < 4.78 is 104. The van der Waals surface area contributed by atoms with Crippen LogP contribution in [0.2, 0.25) is 5.02 Å². The van der Waals surface area contributed by atoms with Crippen molar-refractivity contribution in [2.45, 2.75) is 73.0 Å². The van der Waals surface area contributed by atoms with E-state index in [2.05, 4.69) is 89.4 Å². The number of nitrogens with two attached hydrogens (primary N) is 1. The molecule has 19 nitrogen and oxygen atoms in total. The second-order valence-electron chi connectivity index (χ2n) is 24.0. The standard InChI is InChI=1S/C21H26INO3S.C14H13IO3S.C14H14O3S.C8H11BO4S.C7H15NO.C6H5BrO.C5H4BrClN2/c1-3-27(24,25)19-6-4-5-17(13-19)18-7-8-21(20(22)14-18)26-15-16-9-11-23(2)12-10-16;1-2-19(17,18)12-5-3-4-10(8-12)11-6-7-14(16)13(15)9-11;1-2-18(16,17)14-5-3-4-12(10-14)11-6-8-13(15)9-7-11;1-2-14(12,13)8-5-3-4-7(6-8)9(10)11;1-8-4-2-7(6-9)3-5-8;7-5-1-3-6(8)4-2-5;6-4-1-3(7)2-9-5(4)8/h4-8,13-14,16H,3,9-12,15H2,1-2H3;3-9,16H,2H2,1H3;3-10,15H,2H2,1H3;3-6,10-11H,2H2,1H3;7,9H,2-6H2,1H3;1-4,8H;1-2H,(H2,8,9). The Morgan fingerprint density at radius 1 is 0.510 bits per heavy atom. The van der Waals surface area contributed by atoms with E-state index in [1.807, 2.05) is 59.0 Å². The van der Waals surface area contributed by atoms with E-state index < -0.39 is 46.5 Å². The van der Waals surface area contributed by atoms with Crippen molar-refractivity contribution in [3.63, 3.8) is 0 Å². The normalized spacial score (nSPS) is 13.5. The van der Waals surface area contributed by atoms with Crippen LogP contribution in [0.3, 0.4) is 0 Å². The van der Waals surface area contributed by atoms with E-state index in [1.54, 1.807) is 142 Å². The Balaban J connectivity index is 0.000000227. The molecule has 29 heteroatoms. The van der Waals surface area contributed by atoms with Gasteiger partial charge in [0.2, 0.25) is 0 Å². The summed E-state index contributed by atoms with van der Waals surface area (Å²) in [5.74, 6) is 3.56. The molecule has 0 amide bonds. The molecule has 0 atom stereocenters. The first-order chi connectivity index (χ1) is 49.1. The minimum atomic E-state index is -3.28. The number of rotatable bonds is 16. The van der Waals surface area contributed by atoms with Gasteiger partial charge in [-0.15, -0.1) is 0 Å². The first-order valence-corrected chi connectivity index (χ1v) is 43.7. The van der Waals surface area contributed by atoms with Crippen molar-refractivity contribution in [3.8, 4) is 56.4 Å². The fourth-order valence-corrected chi connectivity index (χ4v) is 15.6. The van der Waals surface area contributed by atoms with Crippen LogP contribution in [0.4, 0.5) is 5.82 Å². The molecule has 104 heavy (non-hydrogen) atoms. The molecule has 2 aliphatic rings. The average molecular weight is 1870 g/mol. The van der Waals surface area contributed by atoms with Gasteiger partial charge in [0.05, 0.1) is 65.8 Å². The van der Waals surface area contributed by atoms with E-state index in [9.17, 15) is 43.9 Å². The molecule has 0 spiro atoms. The zero-order valence-corrected chi connectivity index (χ0v) is 69.9. The Morgan fingerprint density at radius 3 is 1.27 bits per heavy atom. The lowest BCUT2D eigenvalue weighted by molar-refractivity contribution is 0.148. The van der Waals surface area contributed by atoms with E-state index in [-0.39, 0.29) is 44.9 Å². The van der Waals surface area contributed by atoms with Crippen molar-refractivity contribution in [1.29, 1.82) is 0 Å². The van der Waals surface area contributed by atoms with Crippen LogP contribution in [-0.4, -0.2) is 163 Å². The molecule has 3 heterocycles. The van der Waals surface area contributed by atoms with Crippen molar-refractivity contribution in [1.82, 2.24) is 14.8 Å². The molecule has 0 bridgehead atoms. The lowest BCUT2D eigenvalue weighted by Crippen LogP contribution is -2.32. The lowest BCUT2D eigenvalue weighted by atomic mass is 9.80. The molecule has 1 aromatic heterocycles. The highest BCUT2D eigenvalue weighted by Crippen LogP contribution is 2.33. The number of phenols is 3. The van der Waals surface area contributed by atoms with Gasteiger partial charge in [0.15, 0.2) is 39.3 Å². The van der Waals surface area contributed by atoms with Crippen LogP contribution in [0, 0.1) is 19.0 Å². The number of aliphatic hydroxyl groups is 1.